The summed E-state index contributed by atoms with van der Waals surface area (Å²) in [7, 11) is 0. The SMILES string of the molecule is Cc1nn(CC2CCC(F)(F)CC2)c(C(=O)Nc2ccnc(Cl)c2C)c1C(F)(F)F. The summed E-state index contributed by atoms with van der Waals surface area (Å²) in [5, 5.41) is 6.47. The maximum atomic E-state index is 13.7. The lowest BCUT2D eigenvalue weighted by Crippen LogP contribution is -2.29. The van der Waals surface area contributed by atoms with Crippen LogP contribution in [0.1, 0.15) is 53.0 Å². The van der Waals surface area contributed by atoms with E-state index >= 15 is 0 Å². The monoisotopic (exact) mass is 450 g/mol. The van der Waals surface area contributed by atoms with E-state index in [4.69, 9.17) is 11.6 Å². The molecule has 2 aromatic heterocycles. The van der Waals surface area contributed by atoms with Gasteiger partial charge in [0, 0.05) is 36.8 Å². The van der Waals surface area contributed by atoms with Crippen LogP contribution in [0.15, 0.2) is 12.3 Å². The number of rotatable bonds is 4. The number of hydrogen-bond donors (Lipinski definition) is 1. The highest BCUT2D eigenvalue weighted by molar-refractivity contribution is 6.30. The number of alkyl halides is 5. The van der Waals surface area contributed by atoms with E-state index in [1.165, 1.54) is 19.2 Å². The van der Waals surface area contributed by atoms with Crippen molar-refractivity contribution in [1.29, 1.82) is 0 Å². The smallest absolute Gasteiger partial charge is 0.320 e. The molecule has 0 saturated heterocycles. The Morgan fingerprint density at radius 3 is 2.53 bits per heavy atom. The van der Waals surface area contributed by atoms with Crippen LogP contribution in [0, 0.1) is 19.8 Å². The number of pyridine rings is 1. The molecule has 2 heterocycles. The highest BCUT2D eigenvalue weighted by Crippen LogP contribution is 2.39. The van der Waals surface area contributed by atoms with Crippen molar-refractivity contribution in [1.82, 2.24) is 14.8 Å². The van der Waals surface area contributed by atoms with Crippen molar-refractivity contribution in [3.8, 4) is 0 Å². The molecule has 1 fully saturated rings. The highest BCUT2D eigenvalue weighted by Gasteiger charge is 2.42. The zero-order valence-corrected chi connectivity index (χ0v) is 17.0. The molecule has 1 aliphatic rings. The summed E-state index contributed by atoms with van der Waals surface area (Å²) in [5.41, 5.74) is -1.52. The number of aromatic nitrogens is 3. The van der Waals surface area contributed by atoms with Gasteiger partial charge in [-0.25, -0.2) is 13.8 Å². The van der Waals surface area contributed by atoms with Gasteiger partial charge in [0.2, 0.25) is 5.92 Å². The van der Waals surface area contributed by atoms with Gasteiger partial charge in [-0.2, -0.15) is 18.3 Å². The Labute approximate surface area is 174 Å². The second-order valence-corrected chi connectivity index (χ2v) is 7.87. The van der Waals surface area contributed by atoms with E-state index in [9.17, 15) is 26.7 Å². The van der Waals surface area contributed by atoms with Gasteiger partial charge >= 0.3 is 6.18 Å². The molecule has 1 N–H and O–H groups in total. The zero-order chi connectivity index (χ0) is 22.3. The molecule has 164 valence electrons. The molecular weight excluding hydrogens is 431 g/mol. The number of nitrogens with zero attached hydrogens (tertiary/aromatic N) is 3. The van der Waals surface area contributed by atoms with E-state index in [1.54, 1.807) is 6.92 Å². The van der Waals surface area contributed by atoms with Crippen molar-refractivity contribution in [2.45, 2.75) is 58.2 Å². The average molecular weight is 451 g/mol. The summed E-state index contributed by atoms with van der Waals surface area (Å²) < 4.78 is 68.9. The van der Waals surface area contributed by atoms with Crippen LogP contribution in [0.2, 0.25) is 5.15 Å². The maximum Gasteiger partial charge on any atom is 0.420 e. The second-order valence-electron chi connectivity index (χ2n) is 7.52. The molecule has 1 amide bonds. The summed E-state index contributed by atoms with van der Waals surface area (Å²) in [6, 6.07) is 1.42. The van der Waals surface area contributed by atoms with Crippen LogP contribution in [0.4, 0.5) is 27.6 Å². The lowest BCUT2D eigenvalue weighted by atomic mass is 9.87. The molecular formula is C19H20ClF5N4O. The van der Waals surface area contributed by atoms with Crippen molar-refractivity contribution >= 4 is 23.2 Å². The van der Waals surface area contributed by atoms with Crippen molar-refractivity contribution < 1.29 is 26.7 Å². The minimum absolute atomic E-state index is 0.0498. The van der Waals surface area contributed by atoms with Gasteiger partial charge in [0.25, 0.3) is 5.91 Å². The van der Waals surface area contributed by atoms with Gasteiger partial charge < -0.3 is 5.32 Å². The van der Waals surface area contributed by atoms with E-state index in [2.05, 4.69) is 15.4 Å². The Morgan fingerprint density at radius 2 is 1.93 bits per heavy atom. The van der Waals surface area contributed by atoms with Crippen molar-refractivity contribution in [2.75, 3.05) is 5.32 Å². The molecule has 1 saturated carbocycles. The zero-order valence-electron chi connectivity index (χ0n) is 16.3. The van der Waals surface area contributed by atoms with Crippen LogP contribution in [-0.4, -0.2) is 26.6 Å². The van der Waals surface area contributed by atoms with Gasteiger partial charge in [0.1, 0.15) is 16.4 Å². The number of carbonyl (C=O) groups excluding carboxylic acids is 1. The average Bonchev–Trinajstić information content (AvgIpc) is 2.97. The second kappa shape index (κ2) is 8.13. The molecule has 5 nitrogen and oxygen atoms in total. The summed E-state index contributed by atoms with van der Waals surface area (Å²) in [6.07, 6.45) is -3.86. The fraction of sp³-hybridized carbons (Fsp3) is 0.526. The van der Waals surface area contributed by atoms with Gasteiger partial charge in [-0.1, -0.05) is 11.6 Å². The van der Waals surface area contributed by atoms with Crippen LogP contribution >= 0.6 is 11.6 Å². The summed E-state index contributed by atoms with van der Waals surface area (Å²) in [4.78, 5) is 16.7. The van der Waals surface area contributed by atoms with Crippen LogP contribution < -0.4 is 5.32 Å². The Morgan fingerprint density at radius 1 is 1.30 bits per heavy atom. The number of halogens is 6. The Hall–Kier alpha value is -2.23. The first-order chi connectivity index (χ1) is 13.9. The molecule has 0 atom stereocenters. The number of hydrogen-bond acceptors (Lipinski definition) is 3. The number of anilines is 1. The molecule has 2 aromatic rings. The topological polar surface area (TPSA) is 59.8 Å². The number of aryl methyl sites for hydroxylation is 1. The predicted molar refractivity (Wildman–Crippen MR) is 101 cm³/mol. The first-order valence-corrected chi connectivity index (χ1v) is 9.72. The van der Waals surface area contributed by atoms with Crippen molar-refractivity contribution in [3.63, 3.8) is 0 Å². The third-order valence-corrected chi connectivity index (χ3v) is 5.67. The minimum Gasteiger partial charge on any atom is -0.320 e. The molecule has 3 rings (SSSR count). The molecule has 0 unspecified atom stereocenters. The summed E-state index contributed by atoms with van der Waals surface area (Å²) in [5.74, 6) is -4.06. The third-order valence-electron chi connectivity index (χ3n) is 5.28. The molecule has 0 radical (unpaired) electrons. The van der Waals surface area contributed by atoms with Crippen LogP contribution in [0.25, 0.3) is 0 Å². The lowest BCUT2D eigenvalue weighted by molar-refractivity contribution is -0.138. The fourth-order valence-corrected chi connectivity index (χ4v) is 3.80. The Bertz CT molecular complexity index is 947. The Balaban J connectivity index is 1.94. The lowest BCUT2D eigenvalue weighted by Gasteiger charge is -2.28. The van der Waals surface area contributed by atoms with Crippen molar-refractivity contribution in [2.24, 2.45) is 5.92 Å². The normalized spacial score (nSPS) is 17.2. The van der Waals surface area contributed by atoms with Gasteiger partial charge in [-0.15, -0.1) is 0 Å². The van der Waals surface area contributed by atoms with E-state index in [0.717, 1.165) is 4.68 Å². The summed E-state index contributed by atoms with van der Waals surface area (Å²) in [6.45, 7) is 2.69. The molecule has 0 spiro atoms. The van der Waals surface area contributed by atoms with E-state index < -0.39 is 29.3 Å². The summed E-state index contributed by atoms with van der Waals surface area (Å²) >= 11 is 5.91. The molecule has 0 aliphatic heterocycles. The standard InChI is InChI=1S/C19H20ClF5N4O/c1-10-13(5-8-26-16(10)20)27-17(30)15-14(19(23,24)25)11(2)28-29(15)9-12-3-6-18(21,22)7-4-12/h5,8,12H,3-4,6-7,9H2,1-2H3,(H,26,27,30). The number of carbonyl (C=O) groups is 1. The van der Waals surface area contributed by atoms with E-state index in [0.29, 0.717) is 5.56 Å². The van der Waals surface area contributed by atoms with E-state index in [1.807, 2.05) is 0 Å². The first-order valence-electron chi connectivity index (χ1n) is 9.34. The van der Waals surface area contributed by atoms with Crippen LogP contribution in [-0.2, 0) is 12.7 Å². The maximum absolute atomic E-state index is 13.7. The predicted octanol–water partition coefficient (Wildman–Crippen LogP) is 5.64. The Kier molecular flexibility index (Phi) is 6.08. The fourth-order valence-electron chi connectivity index (χ4n) is 3.64. The molecule has 0 aromatic carbocycles. The number of nitrogens with one attached hydrogen (secondary N) is 1. The van der Waals surface area contributed by atoms with Gasteiger partial charge in [-0.3, -0.25) is 9.48 Å². The van der Waals surface area contributed by atoms with Crippen LogP contribution in [0.5, 0.6) is 0 Å². The first kappa shape index (κ1) is 22.5. The van der Waals surface area contributed by atoms with Gasteiger partial charge in [0.15, 0.2) is 0 Å². The molecule has 0 bridgehead atoms. The quantitative estimate of drug-likeness (QED) is 0.484. The number of amides is 1. The minimum atomic E-state index is -4.81. The molecule has 30 heavy (non-hydrogen) atoms. The molecule has 1 aliphatic carbocycles. The largest absolute Gasteiger partial charge is 0.420 e. The van der Waals surface area contributed by atoms with Crippen molar-refractivity contribution in [3.05, 3.63) is 39.9 Å². The van der Waals surface area contributed by atoms with Gasteiger partial charge in [-0.05, 0) is 38.7 Å². The van der Waals surface area contributed by atoms with Crippen LogP contribution in [0.3, 0.4) is 0 Å². The molecule has 11 heteroatoms. The van der Waals surface area contributed by atoms with Gasteiger partial charge in [0.05, 0.1) is 5.69 Å². The third kappa shape index (κ3) is 4.74. The van der Waals surface area contributed by atoms with E-state index in [-0.39, 0.29) is 54.7 Å². The highest BCUT2D eigenvalue weighted by atomic mass is 35.5.